The highest BCUT2D eigenvalue weighted by atomic mass is 16.7. The minimum absolute atomic E-state index is 0.000323. The second-order valence-electron chi connectivity index (χ2n) is 12.8. The van der Waals surface area contributed by atoms with Gasteiger partial charge in [-0.1, -0.05) is 60.7 Å². The Labute approximate surface area is 345 Å². The van der Waals surface area contributed by atoms with Crippen LogP contribution in [0.5, 0.6) is 34.5 Å². The molecule has 1 heterocycles. The van der Waals surface area contributed by atoms with E-state index in [-0.39, 0.29) is 86.0 Å². The van der Waals surface area contributed by atoms with E-state index < -0.39 is 49.3 Å². The molecular formula is C42H48O18. The second kappa shape index (κ2) is 23.2. The monoisotopic (exact) mass is 840 g/mol. The smallest absolute Gasteiger partial charge is 0.340 e. The van der Waals surface area contributed by atoms with Gasteiger partial charge >= 0.3 is 11.9 Å². The van der Waals surface area contributed by atoms with Crippen molar-refractivity contribution in [3.8, 4) is 34.5 Å². The summed E-state index contributed by atoms with van der Waals surface area (Å²) in [6.45, 7) is -1.52. The van der Waals surface area contributed by atoms with Gasteiger partial charge < -0.3 is 76.9 Å². The minimum Gasteiger partial charge on any atom is -0.485 e. The molecule has 0 unspecified atom stereocenters. The van der Waals surface area contributed by atoms with E-state index in [4.69, 9.17) is 61.6 Å². The molecule has 18 heteroatoms. The van der Waals surface area contributed by atoms with Crippen LogP contribution in [0, 0.1) is 0 Å². The lowest BCUT2D eigenvalue weighted by Gasteiger charge is -2.40. The van der Waals surface area contributed by atoms with Crippen LogP contribution in [0.1, 0.15) is 31.8 Å². The van der Waals surface area contributed by atoms with E-state index >= 15 is 0 Å². The molecule has 3 N–H and O–H groups in total. The van der Waals surface area contributed by atoms with E-state index in [2.05, 4.69) is 0 Å². The van der Waals surface area contributed by atoms with E-state index in [1.54, 1.807) is 0 Å². The number of hydrogen-bond donors (Lipinski definition) is 3. The number of aliphatic hydroxyl groups excluding tert-OH is 3. The topological polar surface area (TPSA) is 215 Å². The van der Waals surface area contributed by atoms with Crippen molar-refractivity contribution in [2.75, 3.05) is 62.2 Å². The number of esters is 2. The molecule has 4 aromatic rings. The summed E-state index contributed by atoms with van der Waals surface area (Å²) < 4.78 is 71.9. The predicted molar refractivity (Wildman–Crippen MR) is 207 cm³/mol. The number of benzene rings is 4. The molecule has 1 aliphatic rings. The Morgan fingerprint density at radius 3 is 1.37 bits per heavy atom. The van der Waals surface area contributed by atoms with E-state index in [1.165, 1.54) is 52.7 Å². The Balaban J connectivity index is 1.38. The quantitative estimate of drug-likeness (QED) is 0.0719. The number of carbonyl (C=O) groups excluding carboxylic acids is 2. The zero-order valence-corrected chi connectivity index (χ0v) is 33.4. The number of rotatable bonds is 23. The van der Waals surface area contributed by atoms with E-state index in [0.29, 0.717) is 0 Å². The first-order valence-corrected chi connectivity index (χ1v) is 18.4. The van der Waals surface area contributed by atoms with Crippen molar-refractivity contribution in [1.29, 1.82) is 0 Å². The zero-order valence-electron chi connectivity index (χ0n) is 33.4. The molecule has 0 saturated carbocycles. The van der Waals surface area contributed by atoms with Crippen LogP contribution in [0.25, 0.3) is 0 Å². The molecule has 0 spiro atoms. The SMILES string of the molecule is COCOc1cc(C(=O)O[C@@H]2O[C@H](CO)[C@@H](OC(=O)c3cc(OCc4ccccc4)c(OCOC)c(OCc4ccccc4)c3)[C@H](O)[C@H]2O)cc(OCOC)c1OCOC. The van der Waals surface area contributed by atoms with Crippen LogP contribution in [-0.4, -0.2) is 120 Å². The molecule has 1 saturated heterocycles. The maximum atomic E-state index is 13.9. The van der Waals surface area contributed by atoms with Gasteiger partial charge in [0.1, 0.15) is 31.5 Å². The Kier molecular flexibility index (Phi) is 17.5. The fourth-order valence-corrected chi connectivity index (χ4v) is 5.71. The summed E-state index contributed by atoms with van der Waals surface area (Å²) >= 11 is 0. The van der Waals surface area contributed by atoms with E-state index in [1.807, 2.05) is 60.7 Å². The summed E-state index contributed by atoms with van der Waals surface area (Å²) in [5, 5.41) is 32.7. The van der Waals surface area contributed by atoms with Crippen molar-refractivity contribution in [1.82, 2.24) is 0 Å². The predicted octanol–water partition coefficient (Wildman–Crippen LogP) is 3.60. The van der Waals surface area contributed by atoms with Crippen LogP contribution in [0.3, 0.4) is 0 Å². The molecule has 0 aliphatic carbocycles. The summed E-state index contributed by atoms with van der Waals surface area (Å²) in [7, 11) is 5.62. The summed E-state index contributed by atoms with van der Waals surface area (Å²) in [6.07, 6.45) is -8.87. The molecular weight excluding hydrogens is 792 g/mol. The lowest BCUT2D eigenvalue weighted by atomic mass is 9.98. The first-order chi connectivity index (χ1) is 29.2. The zero-order chi connectivity index (χ0) is 42.9. The van der Waals surface area contributed by atoms with Crippen molar-refractivity contribution in [3.05, 3.63) is 107 Å². The first kappa shape index (κ1) is 45.4. The number of hydrogen-bond acceptors (Lipinski definition) is 18. The summed E-state index contributed by atoms with van der Waals surface area (Å²) in [5.74, 6) is -1.68. The van der Waals surface area contributed by atoms with Crippen LogP contribution >= 0.6 is 0 Å². The van der Waals surface area contributed by atoms with Gasteiger partial charge in [0.05, 0.1) is 17.7 Å². The fraction of sp³-hybridized carbons (Fsp3) is 0.381. The lowest BCUT2D eigenvalue weighted by molar-refractivity contribution is -0.284. The average molecular weight is 841 g/mol. The van der Waals surface area contributed by atoms with Crippen molar-refractivity contribution < 1.29 is 86.5 Å². The Morgan fingerprint density at radius 2 is 0.950 bits per heavy atom. The molecule has 0 radical (unpaired) electrons. The Bertz CT molecular complexity index is 1850. The van der Waals surface area contributed by atoms with Crippen molar-refractivity contribution in [2.45, 2.75) is 43.9 Å². The maximum absolute atomic E-state index is 13.9. The van der Waals surface area contributed by atoms with Crippen molar-refractivity contribution in [3.63, 3.8) is 0 Å². The summed E-state index contributed by atoms with van der Waals surface area (Å²) in [5.41, 5.74) is 1.37. The Hall–Kier alpha value is -5.70. The van der Waals surface area contributed by atoms with Crippen LogP contribution in [0.15, 0.2) is 84.9 Å². The molecule has 324 valence electrons. The summed E-state index contributed by atoms with van der Waals surface area (Å²) in [4.78, 5) is 27.4. The van der Waals surface area contributed by atoms with Crippen LogP contribution in [-0.2, 0) is 46.4 Å². The highest BCUT2D eigenvalue weighted by Gasteiger charge is 2.48. The van der Waals surface area contributed by atoms with E-state index in [0.717, 1.165) is 11.1 Å². The van der Waals surface area contributed by atoms with Gasteiger partial charge in [0.15, 0.2) is 56.3 Å². The molecule has 0 amide bonds. The maximum Gasteiger partial charge on any atom is 0.340 e. The third-order valence-electron chi connectivity index (χ3n) is 8.58. The molecule has 5 rings (SSSR count). The summed E-state index contributed by atoms with van der Waals surface area (Å²) in [6, 6.07) is 23.8. The number of methoxy groups -OCH3 is 4. The fourth-order valence-electron chi connectivity index (χ4n) is 5.71. The number of ether oxygens (including phenoxy) is 13. The van der Waals surface area contributed by atoms with Crippen molar-refractivity contribution in [2.24, 2.45) is 0 Å². The highest BCUT2D eigenvalue weighted by Crippen LogP contribution is 2.42. The first-order valence-electron chi connectivity index (χ1n) is 18.4. The molecule has 18 nitrogen and oxygen atoms in total. The third kappa shape index (κ3) is 12.2. The lowest BCUT2D eigenvalue weighted by Crippen LogP contribution is -2.60. The molecule has 1 aliphatic heterocycles. The van der Waals surface area contributed by atoms with Gasteiger partial charge in [-0.3, -0.25) is 0 Å². The number of carbonyl (C=O) groups is 2. The van der Waals surface area contributed by atoms with Gasteiger partial charge in [-0.15, -0.1) is 0 Å². The van der Waals surface area contributed by atoms with Crippen molar-refractivity contribution >= 4 is 11.9 Å². The van der Waals surface area contributed by atoms with Crippen LogP contribution in [0.4, 0.5) is 0 Å². The van der Waals surface area contributed by atoms with Gasteiger partial charge in [0.25, 0.3) is 0 Å². The normalized spacial score (nSPS) is 18.6. The van der Waals surface area contributed by atoms with Crippen LogP contribution < -0.4 is 28.4 Å². The molecule has 60 heavy (non-hydrogen) atoms. The number of aliphatic hydroxyl groups is 3. The largest absolute Gasteiger partial charge is 0.485 e. The second-order valence-corrected chi connectivity index (χ2v) is 12.8. The minimum atomic E-state index is -1.97. The average Bonchev–Trinajstić information content (AvgIpc) is 3.27. The molecule has 5 atom stereocenters. The van der Waals surface area contributed by atoms with Gasteiger partial charge in [0, 0.05) is 28.4 Å². The van der Waals surface area contributed by atoms with Gasteiger partial charge in [0.2, 0.25) is 17.8 Å². The molecule has 1 fully saturated rings. The van der Waals surface area contributed by atoms with Gasteiger partial charge in [-0.25, -0.2) is 9.59 Å². The highest BCUT2D eigenvalue weighted by molar-refractivity contribution is 5.92. The van der Waals surface area contributed by atoms with E-state index in [9.17, 15) is 24.9 Å². The standard InChI is InChI=1S/C42H48O18/c1-48-22-54-32-17-29(18-33(55-23-49-2)38(32)57-25-51-4)41(47)60-42-36(45)35(44)39(34(19-43)58-42)59-40(46)28-15-30(52-20-26-11-7-5-8-12-26)37(56-24-50-3)31(16-28)53-21-27-13-9-6-10-14-27/h5-18,34-36,39,42-45H,19-25H2,1-4H3/t34-,35-,36-,39-,42+/m1/s1. The van der Waals surface area contributed by atoms with Gasteiger partial charge in [-0.05, 0) is 35.4 Å². The molecule has 0 aromatic heterocycles. The Morgan fingerprint density at radius 1 is 0.550 bits per heavy atom. The molecule has 0 bridgehead atoms. The molecule has 4 aromatic carbocycles. The van der Waals surface area contributed by atoms with Crippen LogP contribution in [0.2, 0.25) is 0 Å². The van der Waals surface area contributed by atoms with Gasteiger partial charge in [-0.2, -0.15) is 0 Å². The third-order valence-corrected chi connectivity index (χ3v) is 8.58.